The second kappa shape index (κ2) is 5.67. The van der Waals surface area contributed by atoms with E-state index in [4.69, 9.17) is 0 Å². The lowest BCUT2D eigenvalue weighted by Crippen LogP contribution is -2.45. The number of aryl methyl sites for hydroxylation is 1. The quantitative estimate of drug-likeness (QED) is 0.823. The summed E-state index contributed by atoms with van der Waals surface area (Å²) in [6, 6.07) is 7.06. The number of carbonyl (C=O) groups is 2. The van der Waals surface area contributed by atoms with Gasteiger partial charge in [0, 0.05) is 17.5 Å². The van der Waals surface area contributed by atoms with Crippen LogP contribution in [-0.4, -0.2) is 31.6 Å². The highest BCUT2D eigenvalue weighted by atomic mass is 32.2. The highest BCUT2D eigenvalue weighted by Gasteiger charge is 2.46. The number of nitrogens with zero attached hydrogens (tertiary/aromatic N) is 1. The summed E-state index contributed by atoms with van der Waals surface area (Å²) in [6.45, 7) is 1.69. The number of hydrogen-bond acceptors (Lipinski definition) is 5. The van der Waals surface area contributed by atoms with Crippen molar-refractivity contribution in [1.82, 2.24) is 4.31 Å². The van der Waals surface area contributed by atoms with Gasteiger partial charge >= 0.3 is 0 Å². The van der Waals surface area contributed by atoms with Gasteiger partial charge in [-0.05, 0) is 25.1 Å². The van der Waals surface area contributed by atoms with Crippen LogP contribution in [0.25, 0.3) is 0 Å². The van der Waals surface area contributed by atoms with E-state index in [0.29, 0.717) is 9.18 Å². The predicted octanol–water partition coefficient (Wildman–Crippen LogP) is 2.08. The second-order valence-corrected chi connectivity index (χ2v) is 8.73. The molecule has 6 nitrogen and oxygen atoms in total. The first-order chi connectivity index (χ1) is 11.2. The average Bonchev–Trinajstić information content (AvgIpc) is 2.90. The molecule has 24 heavy (non-hydrogen) atoms. The lowest BCUT2D eigenvalue weighted by molar-refractivity contribution is -0.132. The molecule has 0 bridgehead atoms. The van der Waals surface area contributed by atoms with Gasteiger partial charge in [0.2, 0.25) is 5.91 Å². The molecular formula is C15H13FN2O4S2. The third kappa shape index (κ3) is 2.49. The van der Waals surface area contributed by atoms with Gasteiger partial charge in [-0.1, -0.05) is 12.1 Å². The zero-order chi connectivity index (χ0) is 17.6. The van der Waals surface area contributed by atoms with E-state index >= 15 is 0 Å². The minimum absolute atomic E-state index is 0.0317. The number of halogens is 1. The van der Waals surface area contributed by atoms with Crippen LogP contribution < -0.4 is 5.32 Å². The van der Waals surface area contributed by atoms with E-state index in [-0.39, 0.29) is 15.5 Å². The standard InChI is InChI=1S/C15H13FN2O4S2/c1-8-7-9-12(13(19)17-11-6-4-3-5-10(11)16)14(20)18(2)24(21,22)15(9)23-8/h3-7,12H,1-2H3,(H,17,19). The number of carbonyl (C=O) groups excluding carboxylic acids is 2. The topological polar surface area (TPSA) is 83.6 Å². The Bertz CT molecular complexity index is 952. The van der Waals surface area contributed by atoms with E-state index in [1.807, 2.05) is 0 Å². The molecule has 1 unspecified atom stereocenters. The molecule has 0 aliphatic carbocycles. The van der Waals surface area contributed by atoms with Crippen molar-refractivity contribution in [2.75, 3.05) is 12.4 Å². The molecule has 2 heterocycles. The van der Waals surface area contributed by atoms with Gasteiger partial charge in [0.1, 0.15) is 15.9 Å². The number of hydrogen-bond donors (Lipinski definition) is 1. The summed E-state index contributed by atoms with van der Waals surface area (Å²) in [6.07, 6.45) is 0. The first-order valence-corrected chi connectivity index (χ1v) is 9.17. The van der Waals surface area contributed by atoms with Gasteiger partial charge in [-0.15, -0.1) is 11.3 Å². The molecule has 0 fully saturated rings. The molecule has 0 radical (unpaired) electrons. The molecule has 0 saturated heterocycles. The third-order valence-corrected chi connectivity index (χ3v) is 7.05. The zero-order valence-corrected chi connectivity index (χ0v) is 14.4. The van der Waals surface area contributed by atoms with Crippen LogP contribution in [0.1, 0.15) is 16.4 Å². The maximum absolute atomic E-state index is 13.7. The van der Waals surface area contributed by atoms with E-state index in [9.17, 15) is 22.4 Å². The number of likely N-dealkylation sites (N-methyl/N-ethyl adjacent to an activating group) is 1. The Morgan fingerprint density at radius 2 is 2.00 bits per heavy atom. The Labute approximate surface area is 142 Å². The SMILES string of the molecule is Cc1cc2c(s1)S(=O)(=O)N(C)C(=O)C2C(=O)Nc1ccccc1F. The number of sulfonamides is 1. The van der Waals surface area contributed by atoms with Crippen LogP contribution in [0.15, 0.2) is 34.5 Å². The van der Waals surface area contributed by atoms with Crippen LogP contribution in [0.2, 0.25) is 0 Å². The molecule has 1 aliphatic rings. The molecule has 126 valence electrons. The molecule has 9 heteroatoms. The molecule has 1 N–H and O–H groups in total. The van der Waals surface area contributed by atoms with Crippen molar-refractivity contribution in [2.24, 2.45) is 0 Å². The predicted molar refractivity (Wildman–Crippen MR) is 86.8 cm³/mol. The molecule has 1 aromatic heterocycles. The average molecular weight is 368 g/mol. The Morgan fingerprint density at radius 3 is 2.67 bits per heavy atom. The van der Waals surface area contributed by atoms with Crippen LogP contribution >= 0.6 is 11.3 Å². The number of amides is 2. The number of nitrogens with one attached hydrogen (secondary N) is 1. The van der Waals surface area contributed by atoms with Crippen molar-refractivity contribution in [2.45, 2.75) is 17.1 Å². The number of anilines is 1. The maximum atomic E-state index is 13.7. The van der Waals surface area contributed by atoms with E-state index in [1.165, 1.54) is 30.3 Å². The Balaban J connectivity index is 2.05. The molecule has 0 saturated carbocycles. The summed E-state index contributed by atoms with van der Waals surface area (Å²) in [5, 5.41) is 2.36. The van der Waals surface area contributed by atoms with Crippen LogP contribution in [0.5, 0.6) is 0 Å². The normalized spacial score (nSPS) is 19.0. The fourth-order valence-corrected chi connectivity index (χ4v) is 5.48. The zero-order valence-electron chi connectivity index (χ0n) is 12.7. The molecular weight excluding hydrogens is 355 g/mol. The number of para-hydroxylation sites is 1. The first kappa shape index (κ1) is 16.6. The van der Waals surface area contributed by atoms with Gasteiger partial charge in [0.15, 0.2) is 0 Å². The molecule has 1 aromatic carbocycles. The minimum atomic E-state index is -3.95. The highest BCUT2D eigenvalue weighted by molar-refractivity contribution is 7.92. The van der Waals surface area contributed by atoms with Crippen molar-refractivity contribution in [1.29, 1.82) is 0 Å². The summed E-state index contributed by atoms with van der Waals surface area (Å²) in [5.41, 5.74) is 0.0642. The monoisotopic (exact) mass is 368 g/mol. The van der Waals surface area contributed by atoms with Gasteiger partial charge in [-0.2, -0.15) is 0 Å². The van der Waals surface area contributed by atoms with E-state index in [2.05, 4.69) is 5.32 Å². The van der Waals surface area contributed by atoms with Gasteiger partial charge in [-0.3, -0.25) is 9.59 Å². The van der Waals surface area contributed by atoms with Crippen molar-refractivity contribution >= 4 is 38.9 Å². The number of fused-ring (bicyclic) bond motifs is 1. The summed E-state index contributed by atoms with van der Waals surface area (Å²) < 4.78 is 38.9. The largest absolute Gasteiger partial charge is 0.323 e. The summed E-state index contributed by atoms with van der Waals surface area (Å²) >= 11 is 0.998. The number of rotatable bonds is 2. The van der Waals surface area contributed by atoms with Crippen LogP contribution in [0, 0.1) is 12.7 Å². The van der Waals surface area contributed by atoms with Crippen molar-refractivity contribution in [3.63, 3.8) is 0 Å². The van der Waals surface area contributed by atoms with E-state index < -0.39 is 33.6 Å². The van der Waals surface area contributed by atoms with Crippen molar-refractivity contribution < 1.29 is 22.4 Å². The summed E-state index contributed by atoms with van der Waals surface area (Å²) in [4.78, 5) is 25.6. The first-order valence-electron chi connectivity index (χ1n) is 6.92. The van der Waals surface area contributed by atoms with E-state index in [1.54, 1.807) is 6.92 Å². The van der Waals surface area contributed by atoms with Crippen molar-refractivity contribution in [3.05, 3.63) is 46.6 Å². The number of benzene rings is 1. The Kier molecular flexibility index (Phi) is 3.92. The summed E-state index contributed by atoms with van der Waals surface area (Å²) in [5.74, 6) is -3.62. The van der Waals surface area contributed by atoms with Gasteiger partial charge < -0.3 is 5.32 Å². The molecule has 2 aromatic rings. The van der Waals surface area contributed by atoms with Gasteiger partial charge in [0.25, 0.3) is 15.9 Å². The Hall–Kier alpha value is -2.26. The second-order valence-electron chi connectivity index (χ2n) is 5.31. The summed E-state index contributed by atoms with van der Waals surface area (Å²) in [7, 11) is -2.84. The lowest BCUT2D eigenvalue weighted by Gasteiger charge is -2.28. The van der Waals surface area contributed by atoms with E-state index in [0.717, 1.165) is 18.4 Å². The lowest BCUT2D eigenvalue weighted by atomic mass is 9.99. The molecule has 2 amide bonds. The number of thiophene rings is 1. The van der Waals surface area contributed by atoms with Crippen LogP contribution in [-0.2, 0) is 19.6 Å². The Morgan fingerprint density at radius 1 is 1.33 bits per heavy atom. The maximum Gasteiger partial charge on any atom is 0.276 e. The molecule has 3 rings (SSSR count). The van der Waals surface area contributed by atoms with Crippen LogP contribution in [0.3, 0.4) is 0 Å². The molecule has 1 atom stereocenters. The van der Waals surface area contributed by atoms with Crippen LogP contribution in [0.4, 0.5) is 10.1 Å². The fourth-order valence-electron chi connectivity index (χ4n) is 2.49. The molecule has 1 aliphatic heterocycles. The van der Waals surface area contributed by atoms with Gasteiger partial charge in [0.05, 0.1) is 5.69 Å². The highest BCUT2D eigenvalue weighted by Crippen LogP contribution is 2.40. The minimum Gasteiger partial charge on any atom is -0.323 e. The molecule has 0 spiro atoms. The van der Waals surface area contributed by atoms with Gasteiger partial charge in [-0.25, -0.2) is 17.1 Å². The van der Waals surface area contributed by atoms with Crippen molar-refractivity contribution in [3.8, 4) is 0 Å². The third-order valence-electron chi connectivity index (χ3n) is 3.71. The smallest absolute Gasteiger partial charge is 0.276 e. The fraction of sp³-hybridized carbons (Fsp3) is 0.200.